The number of aliphatic hydroxyl groups excluding tert-OH is 1. The molecule has 1 aliphatic heterocycles. The summed E-state index contributed by atoms with van der Waals surface area (Å²) in [6, 6.07) is 12.6. The van der Waals surface area contributed by atoms with Crippen molar-refractivity contribution >= 4 is 57.4 Å². The summed E-state index contributed by atoms with van der Waals surface area (Å²) in [6.07, 6.45) is 1.30. The fourth-order valence-corrected chi connectivity index (χ4v) is 4.50. The van der Waals surface area contributed by atoms with Crippen LogP contribution < -0.4 is 21.6 Å². The van der Waals surface area contributed by atoms with Crippen LogP contribution in [-0.2, 0) is 4.74 Å². The number of ether oxygens (including phenoxy) is 1. The second kappa shape index (κ2) is 9.67. The Morgan fingerprint density at radius 3 is 2.60 bits per heavy atom. The molecule has 1 aliphatic rings. The zero-order valence-electron chi connectivity index (χ0n) is 18.4. The molecular formula is C23H21Cl2N7O3. The van der Waals surface area contributed by atoms with Crippen molar-refractivity contribution in [2.75, 3.05) is 42.3 Å². The first-order valence-electron chi connectivity index (χ1n) is 10.8. The highest BCUT2D eigenvalue weighted by Crippen LogP contribution is 2.30. The quantitative estimate of drug-likeness (QED) is 0.368. The number of fused-ring (bicyclic) bond motifs is 1. The van der Waals surface area contributed by atoms with E-state index in [1.165, 1.54) is 6.20 Å². The highest BCUT2D eigenvalue weighted by Gasteiger charge is 2.20. The summed E-state index contributed by atoms with van der Waals surface area (Å²) in [6.45, 7) is 1.93. The topological polar surface area (TPSA) is 131 Å². The third-order valence-corrected chi connectivity index (χ3v) is 6.28. The first kappa shape index (κ1) is 23.3. The van der Waals surface area contributed by atoms with Crippen LogP contribution in [0, 0.1) is 0 Å². The first-order chi connectivity index (χ1) is 16.9. The number of hydrogen-bond donors (Lipinski definition) is 3. The van der Waals surface area contributed by atoms with Gasteiger partial charge in [0, 0.05) is 30.7 Å². The number of nitrogens with one attached hydrogen (secondary N) is 1. The van der Waals surface area contributed by atoms with Crippen LogP contribution in [0.4, 0.5) is 23.1 Å². The molecule has 0 saturated carbocycles. The maximum atomic E-state index is 12.8. The van der Waals surface area contributed by atoms with Gasteiger partial charge in [-0.3, -0.25) is 0 Å². The number of nitrogens with two attached hydrogens (primary N) is 1. The molecule has 2 aromatic carbocycles. The van der Waals surface area contributed by atoms with E-state index in [0.29, 0.717) is 18.5 Å². The standard InChI is InChI=1S/C23H21Cl2N7O3/c24-17-2-1-3-18(25)19(17)32-20(26)16-10-27-22(29-21(16)30-23(32)34)28-13-4-6-14(7-5-13)31-8-9-35-15(11-31)12-33/h1-7,10,15,33H,8-9,11-12,26H2,(H,28,29,30,34). The van der Waals surface area contributed by atoms with E-state index in [1.54, 1.807) is 18.2 Å². The van der Waals surface area contributed by atoms with E-state index in [2.05, 4.69) is 25.2 Å². The van der Waals surface area contributed by atoms with Gasteiger partial charge in [-0.05, 0) is 36.4 Å². The van der Waals surface area contributed by atoms with E-state index in [9.17, 15) is 9.90 Å². The van der Waals surface area contributed by atoms with Crippen LogP contribution >= 0.6 is 23.2 Å². The molecule has 0 radical (unpaired) electrons. The average molecular weight is 514 g/mol. The van der Waals surface area contributed by atoms with Crippen LogP contribution in [0.25, 0.3) is 16.7 Å². The molecule has 4 aromatic rings. The number of nitrogen functional groups attached to an aromatic ring is 1. The fraction of sp³-hybridized carbons (Fsp3) is 0.217. The third kappa shape index (κ3) is 4.61. The minimum Gasteiger partial charge on any atom is -0.394 e. The van der Waals surface area contributed by atoms with Gasteiger partial charge in [-0.1, -0.05) is 29.3 Å². The van der Waals surface area contributed by atoms with E-state index in [0.717, 1.165) is 22.5 Å². The number of anilines is 4. The van der Waals surface area contributed by atoms with Gasteiger partial charge >= 0.3 is 5.69 Å². The van der Waals surface area contributed by atoms with Crippen molar-refractivity contribution in [1.82, 2.24) is 19.5 Å². The second-order valence-corrected chi connectivity index (χ2v) is 8.72. The molecule has 12 heteroatoms. The Bertz CT molecular complexity index is 1430. The summed E-state index contributed by atoms with van der Waals surface area (Å²) in [5, 5.41) is 13.4. The molecule has 180 valence electrons. The van der Waals surface area contributed by atoms with Crippen LogP contribution in [0.2, 0.25) is 10.0 Å². The maximum absolute atomic E-state index is 12.8. The number of benzene rings is 2. The van der Waals surface area contributed by atoms with Crippen molar-refractivity contribution in [1.29, 1.82) is 0 Å². The van der Waals surface area contributed by atoms with E-state index in [4.69, 9.17) is 33.7 Å². The molecule has 10 nitrogen and oxygen atoms in total. The van der Waals surface area contributed by atoms with Crippen molar-refractivity contribution < 1.29 is 9.84 Å². The number of aromatic nitrogens is 4. The SMILES string of the molecule is Nc1c2cnc(Nc3ccc(N4CCOC(CO)C4)cc3)nc2nc(=O)n1-c1c(Cl)cccc1Cl. The molecule has 0 bridgehead atoms. The van der Waals surface area contributed by atoms with E-state index < -0.39 is 5.69 Å². The molecule has 0 amide bonds. The summed E-state index contributed by atoms with van der Waals surface area (Å²) in [4.78, 5) is 27.7. The van der Waals surface area contributed by atoms with Crippen LogP contribution in [0.1, 0.15) is 0 Å². The molecule has 0 aliphatic carbocycles. The molecule has 5 rings (SSSR count). The second-order valence-electron chi connectivity index (χ2n) is 7.91. The average Bonchev–Trinajstić information content (AvgIpc) is 2.86. The smallest absolute Gasteiger partial charge is 0.355 e. The van der Waals surface area contributed by atoms with Crippen LogP contribution in [-0.4, -0.2) is 57.0 Å². The molecule has 0 spiro atoms. The molecule has 1 unspecified atom stereocenters. The maximum Gasteiger partial charge on any atom is 0.355 e. The zero-order valence-corrected chi connectivity index (χ0v) is 19.9. The minimum absolute atomic E-state index is 0.00943. The molecule has 1 fully saturated rings. The predicted octanol–water partition coefficient (Wildman–Crippen LogP) is 3.01. The van der Waals surface area contributed by atoms with Crippen molar-refractivity contribution in [3.05, 3.63) is 69.2 Å². The van der Waals surface area contributed by atoms with Gasteiger partial charge in [0.1, 0.15) is 5.82 Å². The van der Waals surface area contributed by atoms with Crippen LogP contribution in [0.5, 0.6) is 0 Å². The van der Waals surface area contributed by atoms with Gasteiger partial charge in [0.15, 0.2) is 5.65 Å². The van der Waals surface area contributed by atoms with Crippen molar-refractivity contribution in [3.8, 4) is 5.69 Å². The molecule has 2 aromatic heterocycles. The zero-order chi connectivity index (χ0) is 24.5. The lowest BCUT2D eigenvalue weighted by Gasteiger charge is -2.33. The number of para-hydroxylation sites is 1. The highest BCUT2D eigenvalue weighted by molar-refractivity contribution is 6.37. The number of halogens is 2. The minimum atomic E-state index is -0.661. The Kier molecular flexibility index (Phi) is 6.44. The van der Waals surface area contributed by atoms with Crippen molar-refractivity contribution in [2.45, 2.75) is 6.10 Å². The Hall–Kier alpha value is -3.44. The number of hydrogen-bond acceptors (Lipinski definition) is 9. The summed E-state index contributed by atoms with van der Waals surface area (Å²) in [5.74, 6) is 0.342. The predicted molar refractivity (Wildman–Crippen MR) is 136 cm³/mol. The van der Waals surface area contributed by atoms with Gasteiger partial charge in [-0.25, -0.2) is 14.3 Å². The number of nitrogens with zero attached hydrogens (tertiary/aromatic N) is 5. The summed E-state index contributed by atoms with van der Waals surface area (Å²) < 4.78 is 6.65. The number of morpholine rings is 1. The summed E-state index contributed by atoms with van der Waals surface area (Å²) >= 11 is 12.5. The lowest BCUT2D eigenvalue weighted by Crippen LogP contribution is -2.44. The van der Waals surface area contributed by atoms with Crippen molar-refractivity contribution in [3.63, 3.8) is 0 Å². The number of aliphatic hydroxyl groups is 1. The summed E-state index contributed by atoms with van der Waals surface area (Å²) in [5.41, 5.74) is 7.78. The molecule has 1 saturated heterocycles. The molecular weight excluding hydrogens is 493 g/mol. The van der Waals surface area contributed by atoms with Gasteiger partial charge in [0.2, 0.25) is 5.95 Å². The largest absolute Gasteiger partial charge is 0.394 e. The van der Waals surface area contributed by atoms with Crippen LogP contribution in [0.3, 0.4) is 0 Å². The molecule has 1 atom stereocenters. The monoisotopic (exact) mass is 513 g/mol. The van der Waals surface area contributed by atoms with E-state index in [1.807, 2.05) is 24.3 Å². The highest BCUT2D eigenvalue weighted by atomic mass is 35.5. The molecule has 4 N–H and O–H groups in total. The van der Waals surface area contributed by atoms with Crippen LogP contribution in [0.15, 0.2) is 53.5 Å². The van der Waals surface area contributed by atoms with E-state index in [-0.39, 0.29) is 45.9 Å². The van der Waals surface area contributed by atoms with Gasteiger partial charge in [0.05, 0.1) is 40.4 Å². The van der Waals surface area contributed by atoms with Gasteiger partial charge in [0.25, 0.3) is 0 Å². The van der Waals surface area contributed by atoms with Gasteiger partial charge in [-0.15, -0.1) is 0 Å². The Morgan fingerprint density at radius 1 is 1.14 bits per heavy atom. The van der Waals surface area contributed by atoms with Gasteiger partial charge in [-0.2, -0.15) is 9.97 Å². The molecule has 35 heavy (non-hydrogen) atoms. The normalized spacial score (nSPS) is 16.0. The third-order valence-electron chi connectivity index (χ3n) is 5.67. The lowest BCUT2D eigenvalue weighted by atomic mass is 10.2. The fourth-order valence-electron chi connectivity index (χ4n) is 3.93. The Labute approximate surface area is 209 Å². The number of rotatable bonds is 5. The van der Waals surface area contributed by atoms with Crippen molar-refractivity contribution in [2.24, 2.45) is 0 Å². The van der Waals surface area contributed by atoms with E-state index >= 15 is 0 Å². The molecule has 3 heterocycles. The summed E-state index contributed by atoms with van der Waals surface area (Å²) in [7, 11) is 0. The lowest BCUT2D eigenvalue weighted by molar-refractivity contribution is 0.00357. The Balaban J connectivity index is 1.41. The Morgan fingerprint density at radius 2 is 1.89 bits per heavy atom. The van der Waals surface area contributed by atoms with Gasteiger partial charge < -0.3 is 25.8 Å². The first-order valence-corrected chi connectivity index (χ1v) is 11.5.